The van der Waals surface area contributed by atoms with Gasteiger partial charge in [0, 0.05) is 55.8 Å². The normalized spacial score (nSPS) is 15.3. The molecule has 1 aliphatic heterocycles. The molecule has 0 radical (unpaired) electrons. The zero-order chi connectivity index (χ0) is 18.0. The van der Waals surface area contributed by atoms with Gasteiger partial charge in [0.15, 0.2) is 0 Å². The van der Waals surface area contributed by atoms with Crippen molar-refractivity contribution in [1.82, 2.24) is 9.36 Å². The quantitative estimate of drug-likeness (QED) is 0.594. The number of hydrogen-bond acceptors (Lipinski definition) is 7. The van der Waals surface area contributed by atoms with Gasteiger partial charge in [-0.05, 0) is 19.4 Å². The summed E-state index contributed by atoms with van der Waals surface area (Å²) in [5.74, 6) is 0.884. The molecular weight excluding hydrogens is 362 g/mol. The number of nitro benzene ring substituents is 1. The third-order valence-electron chi connectivity index (χ3n) is 4.34. The zero-order valence-corrected chi connectivity index (χ0v) is 15.8. The molecule has 2 aromatic rings. The van der Waals surface area contributed by atoms with Gasteiger partial charge in [-0.1, -0.05) is 18.5 Å². The average molecular weight is 382 g/mol. The van der Waals surface area contributed by atoms with Crippen molar-refractivity contribution in [2.75, 3.05) is 36.0 Å². The third kappa shape index (κ3) is 3.85. The highest BCUT2D eigenvalue weighted by Gasteiger charge is 2.22. The lowest BCUT2D eigenvalue weighted by Gasteiger charge is -2.24. The molecule has 0 atom stereocenters. The lowest BCUT2D eigenvalue weighted by atomic mass is 10.1. The summed E-state index contributed by atoms with van der Waals surface area (Å²) < 4.78 is 4.36. The van der Waals surface area contributed by atoms with Crippen LogP contribution in [-0.4, -0.2) is 40.5 Å². The Kier molecular flexibility index (Phi) is 5.39. The standard InChI is InChI=1S/C16H20ClN5O2S/c1-3-15-18-16(25-19-15)21-6-4-5-20(7-8-21)14-9-11(2)13(22(23)24)10-12(14)17/h9-10H,3-8H2,1-2H3. The number of anilines is 2. The Bertz CT molecular complexity index is 782. The summed E-state index contributed by atoms with van der Waals surface area (Å²) in [5.41, 5.74) is 1.55. The van der Waals surface area contributed by atoms with Gasteiger partial charge < -0.3 is 9.80 Å². The van der Waals surface area contributed by atoms with Gasteiger partial charge in [0.2, 0.25) is 5.13 Å². The number of hydrogen-bond donors (Lipinski definition) is 0. The van der Waals surface area contributed by atoms with Gasteiger partial charge in [-0.15, -0.1) is 0 Å². The van der Waals surface area contributed by atoms with Crippen molar-refractivity contribution < 1.29 is 4.92 Å². The summed E-state index contributed by atoms with van der Waals surface area (Å²) in [4.78, 5) is 19.7. The first-order valence-corrected chi connectivity index (χ1v) is 9.41. The molecule has 25 heavy (non-hydrogen) atoms. The van der Waals surface area contributed by atoms with E-state index in [1.54, 1.807) is 6.92 Å². The van der Waals surface area contributed by atoms with Crippen LogP contribution in [-0.2, 0) is 6.42 Å². The van der Waals surface area contributed by atoms with Gasteiger partial charge in [-0.2, -0.15) is 4.37 Å². The maximum Gasteiger partial charge on any atom is 0.273 e. The van der Waals surface area contributed by atoms with Gasteiger partial charge in [-0.3, -0.25) is 10.1 Å². The van der Waals surface area contributed by atoms with Crippen molar-refractivity contribution >= 4 is 39.6 Å². The van der Waals surface area contributed by atoms with E-state index in [-0.39, 0.29) is 5.69 Å². The summed E-state index contributed by atoms with van der Waals surface area (Å²) in [7, 11) is 0. The predicted molar refractivity (Wildman–Crippen MR) is 101 cm³/mol. The molecule has 1 aromatic heterocycles. The minimum Gasteiger partial charge on any atom is -0.368 e. The van der Waals surface area contributed by atoms with Crippen LogP contribution >= 0.6 is 23.1 Å². The van der Waals surface area contributed by atoms with Gasteiger partial charge in [0.05, 0.1) is 15.6 Å². The van der Waals surface area contributed by atoms with E-state index in [9.17, 15) is 10.1 Å². The summed E-state index contributed by atoms with van der Waals surface area (Å²) in [6.07, 6.45) is 1.81. The largest absolute Gasteiger partial charge is 0.368 e. The van der Waals surface area contributed by atoms with E-state index in [0.29, 0.717) is 10.6 Å². The average Bonchev–Trinajstić information content (AvgIpc) is 2.94. The molecule has 0 bridgehead atoms. The van der Waals surface area contributed by atoms with E-state index in [1.165, 1.54) is 17.6 Å². The van der Waals surface area contributed by atoms with Crippen molar-refractivity contribution in [3.63, 3.8) is 0 Å². The highest BCUT2D eigenvalue weighted by molar-refractivity contribution is 7.09. The molecule has 0 saturated carbocycles. The summed E-state index contributed by atoms with van der Waals surface area (Å²) in [6, 6.07) is 3.27. The van der Waals surface area contributed by atoms with Crippen LogP contribution in [0.15, 0.2) is 12.1 Å². The second kappa shape index (κ2) is 7.53. The number of aryl methyl sites for hydroxylation is 2. The van der Waals surface area contributed by atoms with Crippen molar-refractivity contribution in [3.8, 4) is 0 Å². The second-order valence-corrected chi connectivity index (χ2v) is 7.16. The molecule has 0 amide bonds. The minimum absolute atomic E-state index is 0.0613. The van der Waals surface area contributed by atoms with E-state index < -0.39 is 4.92 Å². The molecular formula is C16H20ClN5O2S. The monoisotopic (exact) mass is 381 g/mol. The predicted octanol–water partition coefficient (Wildman–Crippen LogP) is 3.69. The molecule has 1 saturated heterocycles. The second-order valence-electron chi connectivity index (χ2n) is 6.02. The van der Waals surface area contributed by atoms with Crippen LogP contribution in [0.3, 0.4) is 0 Å². The Morgan fingerprint density at radius 3 is 2.68 bits per heavy atom. The summed E-state index contributed by atoms with van der Waals surface area (Å²) >= 11 is 7.77. The molecule has 0 N–H and O–H groups in total. The first kappa shape index (κ1) is 17.9. The fourth-order valence-electron chi connectivity index (χ4n) is 2.96. The fourth-order valence-corrected chi connectivity index (χ4v) is 4.04. The first-order valence-electron chi connectivity index (χ1n) is 8.26. The highest BCUT2D eigenvalue weighted by Crippen LogP contribution is 2.33. The molecule has 0 unspecified atom stereocenters. The summed E-state index contributed by atoms with van der Waals surface area (Å²) in [6.45, 7) is 7.18. The molecule has 1 aromatic carbocycles. The SMILES string of the molecule is CCc1nsc(N2CCCN(c3cc(C)c([N+](=O)[O-])cc3Cl)CC2)n1. The number of nitrogens with zero attached hydrogens (tertiary/aromatic N) is 5. The minimum atomic E-state index is -0.393. The number of nitro groups is 1. The Balaban J connectivity index is 1.77. The molecule has 9 heteroatoms. The molecule has 7 nitrogen and oxygen atoms in total. The zero-order valence-electron chi connectivity index (χ0n) is 14.2. The summed E-state index contributed by atoms with van der Waals surface area (Å²) in [5, 5.41) is 12.4. The van der Waals surface area contributed by atoms with E-state index in [1.807, 2.05) is 6.07 Å². The topological polar surface area (TPSA) is 75.4 Å². The number of aromatic nitrogens is 2. The lowest BCUT2D eigenvalue weighted by Crippen LogP contribution is -2.30. The van der Waals surface area contributed by atoms with E-state index in [4.69, 9.17) is 11.6 Å². The van der Waals surface area contributed by atoms with E-state index >= 15 is 0 Å². The number of benzene rings is 1. The van der Waals surface area contributed by atoms with Crippen molar-refractivity contribution in [1.29, 1.82) is 0 Å². The number of halogens is 1. The Hall–Kier alpha value is -1.93. The van der Waals surface area contributed by atoms with Crippen molar-refractivity contribution in [3.05, 3.63) is 38.7 Å². The molecule has 0 aliphatic carbocycles. The van der Waals surface area contributed by atoms with Crippen molar-refractivity contribution in [2.24, 2.45) is 0 Å². The van der Waals surface area contributed by atoms with Crippen molar-refractivity contribution in [2.45, 2.75) is 26.7 Å². The molecule has 2 heterocycles. The number of rotatable bonds is 4. The van der Waals surface area contributed by atoms with E-state index in [2.05, 4.69) is 26.1 Å². The molecule has 1 aliphatic rings. The highest BCUT2D eigenvalue weighted by atomic mass is 35.5. The third-order valence-corrected chi connectivity index (χ3v) is 5.46. The van der Waals surface area contributed by atoms with Gasteiger partial charge >= 0.3 is 0 Å². The van der Waals surface area contributed by atoms with Gasteiger partial charge in [-0.25, -0.2) is 4.98 Å². The smallest absolute Gasteiger partial charge is 0.273 e. The van der Waals surface area contributed by atoms with Crippen LogP contribution in [0.4, 0.5) is 16.5 Å². The Labute approximate surface area is 155 Å². The molecule has 3 rings (SSSR count). The maximum atomic E-state index is 11.1. The van der Waals surface area contributed by atoms with Crippen LogP contribution in [0.1, 0.15) is 24.7 Å². The van der Waals surface area contributed by atoms with Crippen LogP contribution in [0.2, 0.25) is 5.02 Å². The van der Waals surface area contributed by atoms with Crippen LogP contribution in [0, 0.1) is 17.0 Å². The van der Waals surface area contributed by atoms with Crippen LogP contribution < -0.4 is 9.80 Å². The van der Waals surface area contributed by atoms with Crippen LogP contribution in [0.25, 0.3) is 0 Å². The first-order chi connectivity index (χ1) is 12.0. The Morgan fingerprint density at radius 2 is 2.00 bits per heavy atom. The fraction of sp³-hybridized carbons (Fsp3) is 0.500. The van der Waals surface area contributed by atoms with Gasteiger partial charge in [0.25, 0.3) is 5.69 Å². The van der Waals surface area contributed by atoms with Gasteiger partial charge in [0.1, 0.15) is 5.82 Å². The molecule has 134 valence electrons. The lowest BCUT2D eigenvalue weighted by molar-refractivity contribution is -0.385. The van der Waals surface area contributed by atoms with Crippen LogP contribution in [0.5, 0.6) is 0 Å². The maximum absolute atomic E-state index is 11.1. The Morgan fingerprint density at radius 1 is 1.28 bits per heavy atom. The molecule has 0 spiro atoms. The van der Waals surface area contributed by atoms with E-state index in [0.717, 1.165) is 55.7 Å². The molecule has 1 fully saturated rings.